The minimum Gasteiger partial charge on any atom is -0.508 e. The van der Waals surface area contributed by atoms with Gasteiger partial charge in [0.1, 0.15) is 5.75 Å². The molecule has 1 fully saturated rings. The first-order chi connectivity index (χ1) is 8.09. The van der Waals surface area contributed by atoms with Gasteiger partial charge in [0, 0.05) is 0 Å². The maximum Gasteiger partial charge on any atom is 0.402 e. The Hall–Kier alpha value is -1.71. The topological polar surface area (TPSA) is 83.6 Å². The summed E-state index contributed by atoms with van der Waals surface area (Å²) in [6.07, 6.45) is 5.45. The molecule has 1 aliphatic rings. The molecular weight excluding hydrogens is 218 g/mol. The van der Waals surface area contributed by atoms with Crippen molar-refractivity contribution in [3.63, 3.8) is 0 Å². The monoisotopic (exact) mass is 237 g/mol. The number of nitrogens with two attached hydrogens (primary N) is 1. The second kappa shape index (κ2) is 6.78. The Morgan fingerprint density at radius 2 is 1.59 bits per heavy atom. The molecule has 0 aromatic heterocycles. The lowest BCUT2D eigenvalue weighted by atomic mass is 9.84. The summed E-state index contributed by atoms with van der Waals surface area (Å²) in [4.78, 5) is 8.78. The second-order valence-corrected chi connectivity index (χ2v) is 4.26. The molecule has 1 aromatic carbocycles. The van der Waals surface area contributed by atoms with E-state index in [4.69, 9.17) is 15.0 Å². The van der Waals surface area contributed by atoms with Crippen molar-refractivity contribution < 1.29 is 15.0 Å². The number of benzene rings is 1. The number of hydrogen-bond donors (Lipinski definition) is 3. The quantitative estimate of drug-likeness (QED) is 0.701. The molecule has 0 unspecified atom stereocenters. The molecule has 1 aromatic rings. The summed E-state index contributed by atoms with van der Waals surface area (Å²) in [6.45, 7) is 0. The van der Waals surface area contributed by atoms with Crippen molar-refractivity contribution in [2.24, 2.45) is 5.73 Å². The van der Waals surface area contributed by atoms with Crippen molar-refractivity contribution in [1.29, 1.82) is 0 Å². The van der Waals surface area contributed by atoms with Crippen LogP contribution in [0.15, 0.2) is 24.3 Å². The van der Waals surface area contributed by atoms with Gasteiger partial charge in [-0.2, -0.15) is 0 Å². The zero-order valence-electron chi connectivity index (χ0n) is 9.80. The number of amides is 1. The lowest BCUT2D eigenvalue weighted by Gasteiger charge is -2.21. The molecule has 0 radical (unpaired) electrons. The molecule has 4 nitrogen and oxygen atoms in total. The smallest absolute Gasteiger partial charge is 0.402 e. The van der Waals surface area contributed by atoms with Gasteiger partial charge in [0.15, 0.2) is 0 Å². The fourth-order valence-corrected chi connectivity index (χ4v) is 2.18. The van der Waals surface area contributed by atoms with E-state index in [1.54, 1.807) is 12.1 Å². The predicted molar refractivity (Wildman–Crippen MR) is 66.1 cm³/mol. The first kappa shape index (κ1) is 13.4. The van der Waals surface area contributed by atoms with Crippen LogP contribution in [0.2, 0.25) is 0 Å². The number of carbonyl (C=O) groups is 1. The van der Waals surface area contributed by atoms with Gasteiger partial charge in [0.05, 0.1) is 0 Å². The summed E-state index contributed by atoms with van der Waals surface area (Å²) in [5, 5.41) is 16.3. The maximum atomic E-state index is 9.16. The van der Waals surface area contributed by atoms with E-state index in [0.29, 0.717) is 5.75 Å². The molecule has 0 saturated heterocycles. The van der Waals surface area contributed by atoms with Crippen LogP contribution < -0.4 is 5.73 Å². The standard InChI is InChI=1S/C12H16O.CH3NO2/c13-12-8-6-11(7-9-12)10-4-2-1-3-5-10;2-1(3)4/h6-10,13H,1-5H2;2H2,(H,3,4). The molecule has 0 atom stereocenters. The molecule has 1 aliphatic carbocycles. The second-order valence-electron chi connectivity index (χ2n) is 4.26. The van der Waals surface area contributed by atoms with Gasteiger partial charge in [-0.15, -0.1) is 0 Å². The van der Waals surface area contributed by atoms with Crippen molar-refractivity contribution in [1.82, 2.24) is 0 Å². The third kappa shape index (κ3) is 5.24. The lowest BCUT2D eigenvalue weighted by molar-refractivity contribution is 0.205. The average Bonchev–Trinajstić information content (AvgIpc) is 2.30. The Bertz CT molecular complexity index is 338. The highest BCUT2D eigenvalue weighted by Crippen LogP contribution is 2.32. The number of hydrogen-bond acceptors (Lipinski definition) is 2. The van der Waals surface area contributed by atoms with Crippen LogP contribution >= 0.6 is 0 Å². The van der Waals surface area contributed by atoms with Crippen LogP contribution in [-0.2, 0) is 0 Å². The van der Waals surface area contributed by atoms with E-state index in [1.807, 2.05) is 0 Å². The molecule has 0 bridgehead atoms. The fraction of sp³-hybridized carbons (Fsp3) is 0.462. The highest BCUT2D eigenvalue weighted by molar-refractivity contribution is 5.61. The van der Waals surface area contributed by atoms with Crippen LogP contribution in [0, 0.1) is 0 Å². The molecule has 4 N–H and O–H groups in total. The Morgan fingerprint density at radius 1 is 1.12 bits per heavy atom. The third-order valence-electron chi connectivity index (χ3n) is 2.97. The molecular formula is C13H19NO3. The van der Waals surface area contributed by atoms with Crippen molar-refractivity contribution in [3.05, 3.63) is 29.8 Å². The summed E-state index contributed by atoms with van der Waals surface area (Å²) in [5.41, 5.74) is 5.43. The summed E-state index contributed by atoms with van der Waals surface area (Å²) in [7, 11) is 0. The van der Waals surface area contributed by atoms with Gasteiger partial charge in [-0.05, 0) is 36.5 Å². The molecule has 0 aliphatic heterocycles. The number of phenols is 1. The molecule has 2 rings (SSSR count). The van der Waals surface area contributed by atoms with E-state index >= 15 is 0 Å². The number of carboxylic acid groups (broad SMARTS) is 1. The highest BCUT2D eigenvalue weighted by Gasteiger charge is 2.14. The van der Waals surface area contributed by atoms with Crippen molar-refractivity contribution in [2.75, 3.05) is 0 Å². The molecule has 4 heteroatoms. The molecule has 0 spiro atoms. The molecule has 94 valence electrons. The SMILES string of the molecule is NC(=O)O.Oc1ccc(C2CCCCC2)cc1. The molecule has 1 saturated carbocycles. The summed E-state index contributed by atoms with van der Waals surface area (Å²) >= 11 is 0. The highest BCUT2D eigenvalue weighted by atomic mass is 16.4. The zero-order chi connectivity index (χ0) is 12.7. The number of phenolic OH excluding ortho intramolecular Hbond substituents is 1. The number of aromatic hydroxyl groups is 1. The van der Waals surface area contributed by atoms with Crippen molar-refractivity contribution in [2.45, 2.75) is 38.0 Å². The van der Waals surface area contributed by atoms with E-state index in [2.05, 4.69) is 17.9 Å². The minimum absolute atomic E-state index is 0.375. The van der Waals surface area contributed by atoms with Crippen LogP contribution in [0.1, 0.15) is 43.6 Å². The van der Waals surface area contributed by atoms with Crippen LogP contribution in [0.3, 0.4) is 0 Å². The first-order valence-electron chi connectivity index (χ1n) is 5.87. The Morgan fingerprint density at radius 3 is 2.06 bits per heavy atom. The maximum absolute atomic E-state index is 9.16. The lowest BCUT2D eigenvalue weighted by Crippen LogP contribution is -2.03. The Labute approximate surface area is 101 Å². The molecule has 17 heavy (non-hydrogen) atoms. The fourth-order valence-electron chi connectivity index (χ4n) is 2.18. The Balaban J connectivity index is 0.000000317. The average molecular weight is 237 g/mol. The molecule has 1 amide bonds. The van der Waals surface area contributed by atoms with Gasteiger partial charge >= 0.3 is 6.09 Å². The summed E-state index contributed by atoms with van der Waals surface area (Å²) < 4.78 is 0. The minimum atomic E-state index is -1.33. The normalized spacial score (nSPS) is 15.8. The summed E-state index contributed by atoms with van der Waals surface area (Å²) in [5.74, 6) is 1.12. The van der Waals surface area contributed by atoms with Gasteiger partial charge in [-0.3, -0.25) is 0 Å². The van der Waals surface area contributed by atoms with Crippen molar-refractivity contribution >= 4 is 6.09 Å². The van der Waals surface area contributed by atoms with Crippen LogP contribution in [0.25, 0.3) is 0 Å². The van der Waals surface area contributed by atoms with E-state index in [-0.39, 0.29) is 0 Å². The van der Waals surface area contributed by atoms with Gasteiger partial charge in [0.2, 0.25) is 0 Å². The number of primary amides is 1. The molecule has 0 heterocycles. The zero-order valence-corrected chi connectivity index (χ0v) is 9.80. The first-order valence-corrected chi connectivity index (χ1v) is 5.87. The third-order valence-corrected chi connectivity index (χ3v) is 2.97. The van der Waals surface area contributed by atoms with Crippen LogP contribution in [0.4, 0.5) is 4.79 Å². The van der Waals surface area contributed by atoms with E-state index < -0.39 is 6.09 Å². The predicted octanol–water partition coefficient (Wildman–Crippen LogP) is 3.06. The van der Waals surface area contributed by atoms with Gasteiger partial charge in [-0.1, -0.05) is 31.4 Å². The van der Waals surface area contributed by atoms with Gasteiger partial charge < -0.3 is 15.9 Å². The summed E-state index contributed by atoms with van der Waals surface area (Å²) in [6, 6.07) is 7.71. The van der Waals surface area contributed by atoms with Crippen LogP contribution in [0.5, 0.6) is 5.75 Å². The number of rotatable bonds is 1. The van der Waals surface area contributed by atoms with E-state index in [9.17, 15) is 0 Å². The Kier molecular flexibility index (Phi) is 5.33. The van der Waals surface area contributed by atoms with E-state index in [0.717, 1.165) is 5.92 Å². The van der Waals surface area contributed by atoms with Crippen LogP contribution in [-0.4, -0.2) is 16.3 Å². The van der Waals surface area contributed by atoms with E-state index in [1.165, 1.54) is 37.7 Å². The van der Waals surface area contributed by atoms with Crippen molar-refractivity contribution in [3.8, 4) is 5.75 Å². The van der Waals surface area contributed by atoms with Gasteiger partial charge in [-0.25, -0.2) is 4.79 Å². The largest absolute Gasteiger partial charge is 0.508 e. The van der Waals surface area contributed by atoms with Gasteiger partial charge in [0.25, 0.3) is 0 Å².